The van der Waals surface area contributed by atoms with Crippen molar-refractivity contribution >= 4 is 5.91 Å². The highest BCUT2D eigenvalue weighted by atomic mass is 16.5. The number of nitrogens with zero attached hydrogens (tertiary/aromatic N) is 1. The molecule has 1 heterocycles. The highest BCUT2D eigenvalue weighted by Crippen LogP contribution is 2.19. The number of nitrogens with one attached hydrogen (secondary N) is 1. The molecular formula is C14H32N2O4. The normalized spacial score (nSPS) is 15.9. The highest BCUT2D eigenvalue weighted by molar-refractivity contribution is 5.86. The molecular weight excluding hydrogens is 260 g/mol. The van der Waals surface area contributed by atoms with Crippen LogP contribution in [0.2, 0.25) is 0 Å². The maximum Gasteiger partial charge on any atom is 0.254 e. The van der Waals surface area contributed by atoms with Gasteiger partial charge in [-0.3, -0.25) is 9.69 Å². The Morgan fingerprint density at radius 1 is 1.25 bits per heavy atom. The van der Waals surface area contributed by atoms with E-state index in [1.165, 1.54) is 0 Å². The topological polar surface area (TPSA) is 82.0 Å². The molecule has 1 aliphatic heterocycles. The number of carbonyl (C=O) groups is 1. The van der Waals surface area contributed by atoms with Crippen molar-refractivity contribution in [1.82, 2.24) is 10.2 Å². The molecule has 122 valence electrons. The summed E-state index contributed by atoms with van der Waals surface area (Å²) < 4.78 is 4.98. The zero-order valence-corrected chi connectivity index (χ0v) is 13.6. The number of ether oxygens (including phenoxy) is 1. The maximum absolute atomic E-state index is 11.5. The summed E-state index contributed by atoms with van der Waals surface area (Å²) in [5, 5.41) is 20.9. The zero-order chi connectivity index (χ0) is 16.0. The first-order chi connectivity index (χ1) is 9.62. The molecule has 0 aromatic rings. The van der Waals surface area contributed by atoms with Crippen LogP contribution in [0.25, 0.3) is 0 Å². The van der Waals surface area contributed by atoms with Gasteiger partial charge in [-0.1, -0.05) is 34.6 Å². The first kappa shape index (κ1) is 21.6. The number of aliphatic hydroxyl groups excluding tert-OH is 1. The van der Waals surface area contributed by atoms with Crippen LogP contribution in [-0.4, -0.2) is 72.6 Å². The van der Waals surface area contributed by atoms with Gasteiger partial charge in [0.15, 0.2) is 5.60 Å². The third-order valence-corrected chi connectivity index (χ3v) is 2.61. The fourth-order valence-electron chi connectivity index (χ4n) is 1.63. The molecule has 1 fully saturated rings. The third kappa shape index (κ3) is 7.79. The van der Waals surface area contributed by atoms with Crippen molar-refractivity contribution in [3.63, 3.8) is 0 Å². The Kier molecular flexibility index (Phi) is 14.4. The molecule has 0 bridgehead atoms. The van der Waals surface area contributed by atoms with E-state index in [1.54, 1.807) is 0 Å². The summed E-state index contributed by atoms with van der Waals surface area (Å²) in [6, 6.07) is 0. The SMILES string of the molecule is CC.CC.CCN1CC(O)(C(=O)NCCOCCO)C1. The lowest BCUT2D eigenvalue weighted by Gasteiger charge is -2.44. The molecule has 1 rings (SSSR count). The van der Waals surface area contributed by atoms with Gasteiger partial charge < -0.3 is 20.3 Å². The standard InChI is InChI=1S/C10H20N2O4.2C2H6/c1-2-12-7-10(15,8-12)9(14)11-3-5-16-6-4-13;2*1-2/h13,15H,2-8H2,1H3,(H,11,14);2*1-2H3. The van der Waals surface area contributed by atoms with E-state index in [4.69, 9.17) is 9.84 Å². The number of likely N-dealkylation sites (tertiary alicyclic amines) is 1. The Bertz CT molecular complexity index is 231. The summed E-state index contributed by atoms with van der Waals surface area (Å²) in [4.78, 5) is 13.5. The molecule has 1 saturated heterocycles. The summed E-state index contributed by atoms with van der Waals surface area (Å²) >= 11 is 0. The smallest absolute Gasteiger partial charge is 0.254 e. The molecule has 0 aromatic carbocycles. The minimum absolute atomic E-state index is 0.0245. The van der Waals surface area contributed by atoms with Crippen molar-refractivity contribution in [2.75, 3.05) is 46.0 Å². The van der Waals surface area contributed by atoms with E-state index in [9.17, 15) is 9.90 Å². The molecule has 20 heavy (non-hydrogen) atoms. The molecule has 0 radical (unpaired) electrons. The van der Waals surface area contributed by atoms with Gasteiger partial charge >= 0.3 is 0 Å². The van der Waals surface area contributed by atoms with Crippen molar-refractivity contribution in [2.24, 2.45) is 0 Å². The van der Waals surface area contributed by atoms with E-state index in [2.05, 4.69) is 5.32 Å². The Labute approximate surface area is 123 Å². The maximum atomic E-state index is 11.5. The van der Waals surface area contributed by atoms with Crippen molar-refractivity contribution in [3.05, 3.63) is 0 Å². The second kappa shape index (κ2) is 13.3. The van der Waals surface area contributed by atoms with Gasteiger partial charge in [0.05, 0.1) is 19.8 Å². The van der Waals surface area contributed by atoms with Crippen LogP contribution in [0.3, 0.4) is 0 Å². The summed E-state index contributed by atoms with van der Waals surface area (Å²) in [5.74, 6) is -0.343. The predicted octanol–water partition coefficient (Wildman–Crippen LogP) is 0.231. The second-order valence-electron chi connectivity index (χ2n) is 3.93. The van der Waals surface area contributed by atoms with Crippen LogP contribution < -0.4 is 5.32 Å². The number of carbonyl (C=O) groups excluding carboxylic acids is 1. The van der Waals surface area contributed by atoms with Crippen LogP contribution in [-0.2, 0) is 9.53 Å². The van der Waals surface area contributed by atoms with Gasteiger partial charge in [0.1, 0.15) is 0 Å². The average molecular weight is 292 g/mol. The number of amides is 1. The lowest BCUT2D eigenvalue weighted by molar-refractivity contribution is -0.159. The van der Waals surface area contributed by atoms with E-state index in [-0.39, 0.29) is 19.1 Å². The van der Waals surface area contributed by atoms with E-state index < -0.39 is 5.60 Å². The lowest BCUT2D eigenvalue weighted by Crippen LogP contribution is -2.68. The number of rotatable bonds is 7. The number of β-amino-alcohol motifs (C(OH)–C–C–N with tert-alkyl or cyclic N) is 1. The molecule has 0 atom stereocenters. The van der Waals surface area contributed by atoms with Crippen LogP contribution in [0.5, 0.6) is 0 Å². The van der Waals surface area contributed by atoms with Gasteiger partial charge in [-0.25, -0.2) is 0 Å². The van der Waals surface area contributed by atoms with Gasteiger partial charge in [0.2, 0.25) is 0 Å². The molecule has 1 aliphatic rings. The minimum atomic E-state index is -1.23. The van der Waals surface area contributed by atoms with Crippen LogP contribution in [0.15, 0.2) is 0 Å². The average Bonchev–Trinajstić information content (AvgIpc) is 2.47. The molecule has 0 saturated carbocycles. The van der Waals surface area contributed by atoms with Crippen molar-refractivity contribution in [2.45, 2.75) is 40.2 Å². The van der Waals surface area contributed by atoms with Crippen molar-refractivity contribution < 1.29 is 19.7 Å². The van der Waals surface area contributed by atoms with Gasteiger partial charge in [0.25, 0.3) is 5.91 Å². The molecule has 0 spiro atoms. The summed E-state index contributed by atoms with van der Waals surface area (Å²) in [6.07, 6.45) is 0. The van der Waals surface area contributed by atoms with Crippen molar-refractivity contribution in [1.29, 1.82) is 0 Å². The van der Waals surface area contributed by atoms with E-state index in [0.717, 1.165) is 6.54 Å². The summed E-state index contributed by atoms with van der Waals surface area (Å²) in [5.41, 5.74) is -1.23. The molecule has 1 amide bonds. The Hall–Kier alpha value is -0.690. The van der Waals surface area contributed by atoms with Crippen LogP contribution in [0.1, 0.15) is 34.6 Å². The van der Waals surface area contributed by atoms with E-state index >= 15 is 0 Å². The summed E-state index contributed by atoms with van der Waals surface area (Å²) in [6.45, 7) is 12.6. The third-order valence-electron chi connectivity index (χ3n) is 2.61. The van der Waals surface area contributed by atoms with Crippen LogP contribution >= 0.6 is 0 Å². The Balaban J connectivity index is 0. The minimum Gasteiger partial charge on any atom is -0.394 e. The lowest BCUT2D eigenvalue weighted by atomic mass is 9.93. The largest absolute Gasteiger partial charge is 0.394 e. The highest BCUT2D eigenvalue weighted by Gasteiger charge is 2.46. The number of likely N-dealkylation sites (N-methyl/N-ethyl adjacent to an activating group) is 1. The molecule has 0 aromatic heterocycles. The fraction of sp³-hybridized carbons (Fsp3) is 0.929. The van der Waals surface area contributed by atoms with E-state index in [0.29, 0.717) is 26.2 Å². The molecule has 0 aliphatic carbocycles. The monoisotopic (exact) mass is 292 g/mol. The molecule has 0 unspecified atom stereocenters. The first-order valence-corrected chi connectivity index (χ1v) is 7.54. The van der Waals surface area contributed by atoms with Crippen molar-refractivity contribution in [3.8, 4) is 0 Å². The first-order valence-electron chi connectivity index (χ1n) is 7.54. The van der Waals surface area contributed by atoms with Gasteiger partial charge in [-0.15, -0.1) is 0 Å². The quantitative estimate of drug-likeness (QED) is 0.585. The van der Waals surface area contributed by atoms with Crippen LogP contribution in [0, 0.1) is 0 Å². The summed E-state index contributed by atoms with van der Waals surface area (Å²) in [7, 11) is 0. The Morgan fingerprint density at radius 2 is 1.80 bits per heavy atom. The zero-order valence-electron chi connectivity index (χ0n) is 13.6. The van der Waals surface area contributed by atoms with E-state index in [1.807, 2.05) is 39.5 Å². The Morgan fingerprint density at radius 3 is 2.25 bits per heavy atom. The fourth-order valence-corrected chi connectivity index (χ4v) is 1.63. The second-order valence-corrected chi connectivity index (χ2v) is 3.93. The van der Waals surface area contributed by atoms with Crippen LogP contribution in [0.4, 0.5) is 0 Å². The number of aliphatic hydroxyl groups is 2. The number of hydrogen-bond acceptors (Lipinski definition) is 5. The molecule has 3 N–H and O–H groups in total. The van der Waals surface area contributed by atoms with Gasteiger partial charge in [-0.05, 0) is 6.54 Å². The van der Waals surface area contributed by atoms with Gasteiger partial charge in [-0.2, -0.15) is 0 Å². The number of hydrogen-bond donors (Lipinski definition) is 3. The van der Waals surface area contributed by atoms with Gasteiger partial charge in [0, 0.05) is 19.6 Å². The predicted molar refractivity (Wildman–Crippen MR) is 80.7 cm³/mol. The molecule has 6 heteroatoms. The molecule has 6 nitrogen and oxygen atoms in total.